The summed E-state index contributed by atoms with van der Waals surface area (Å²) in [5.41, 5.74) is 2.76. The van der Waals surface area contributed by atoms with E-state index in [0.717, 1.165) is 17.0 Å². The Kier molecular flexibility index (Phi) is 11.3. The van der Waals surface area contributed by atoms with Crippen LogP contribution in [0.2, 0.25) is 10.3 Å². The van der Waals surface area contributed by atoms with E-state index in [1.54, 1.807) is 23.0 Å². The summed E-state index contributed by atoms with van der Waals surface area (Å²) in [5, 5.41) is 0.720. The molecule has 0 N–H and O–H groups in total. The van der Waals surface area contributed by atoms with E-state index in [4.69, 9.17) is 23.2 Å². The van der Waals surface area contributed by atoms with E-state index in [0.29, 0.717) is 16.9 Å². The molecule has 0 aliphatic heterocycles. The predicted molar refractivity (Wildman–Crippen MR) is 112 cm³/mol. The Balaban J connectivity index is 0.000000848. The van der Waals surface area contributed by atoms with Gasteiger partial charge in [0.15, 0.2) is 5.15 Å². The Morgan fingerprint density at radius 1 is 1.16 bits per heavy atom. The first-order valence-corrected chi connectivity index (χ1v) is 8.17. The van der Waals surface area contributed by atoms with Crippen molar-refractivity contribution in [2.24, 2.45) is 0 Å². The molecule has 0 fully saturated rings. The van der Waals surface area contributed by atoms with Crippen LogP contribution in [0.1, 0.15) is 38.2 Å². The summed E-state index contributed by atoms with van der Waals surface area (Å²) >= 11 is 11.8. The monoisotopic (exact) mass is 377 g/mol. The summed E-state index contributed by atoms with van der Waals surface area (Å²) in [4.78, 5) is 8.48. The number of nitrogens with zero attached hydrogens (tertiary/aromatic N) is 3. The van der Waals surface area contributed by atoms with Crippen molar-refractivity contribution in [2.45, 2.75) is 27.8 Å². The molecule has 2 aromatic heterocycles. The van der Waals surface area contributed by atoms with Crippen LogP contribution in [0.5, 0.6) is 0 Å². The second-order valence-electron chi connectivity index (χ2n) is 4.70. The van der Waals surface area contributed by atoms with Crippen molar-refractivity contribution in [2.75, 3.05) is 0 Å². The Morgan fingerprint density at radius 3 is 2.32 bits per heavy atom. The molecule has 0 unspecified atom stereocenters. The Morgan fingerprint density at radius 2 is 1.88 bits per heavy atom. The second-order valence-corrected chi connectivity index (χ2v) is 5.41. The largest absolute Gasteiger partial charge is 0.314 e. The molecule has 0 amide bonds. The normalized spacial score (nSPS) is 10.2. The van der Waals surface area contributed by atoms with Gasteiger partial charge in [0.25, 0.3) is 0 Å². The number of rotatable bonds is 5. The number of hydrogen-bond acceptors (Lipinski definition) is 2. The molecule has 3 nitrogen and oxygen atoms in total. The van der Waals surface area contributed by atoms with Gasteiger partial charge in [0.1, 0.15) is 5.15 Å². The summed E-state index contributed by atoms with van der Waals surface area (Å²) in [7, 11) is 0. The fourth-order valence-corrected chi connectivity index (χ4v) is 2.17. The van der Waals surface area contributed by atoms with E-state index in [1.165, 1.54) is 0 Å². The molecule has 25 heavy (non-hydrogen) atoms. The fraction of sp³-hybridized carbons (Fsp3) is 0.200. The van der Waals surface area contributed by atoms with E-state index in [1.807, 2.05) is 50.3 Å². The Bertz CT molecular complexity index is 743. The molecule has 0 atom stereocenters. The highest BCUT2D eigenvalue weighted by Crippen LogP contribution is 2.21. The van der Waals surface area contributed by atoms with Gasteiger partial charge in [-0.2, -0.15) is 0 Å². The standard InChI is InChI=1S/C14H13Cl2N3.C5H8.CH4/c1-3-5-10-6-7-11(18-12(10)4-2)8-19-9-17-13(15)14(19)16;1-3-5-4-2;/h3-7,9H,2,8H2,1H3;3-5H,1H2,2H3;1H4/b5-3-;5-4+;. The Labute approximate surface area is 161 Å². The van der Waals surface area contributed by atoms with Crippen LogP contribution in [-0.4, -0.2) is 14.5 Å². The van der Waals surface area contributed by atoms with Gasteiger partial charge in [-0.3, -0.25) is 4.98 Å². The highest BCUT2D eigenvalue weighted by atomic mass is 35.5. The molecule has 0 aliphatic rings. The van der Waals surface area contributed by atoms with Gasteiger partial charge in [0.05, 0.1) is 24.3 Å². The molecule has 0 bridgehead atoms. The minimum absolute atomic E-state index is 0. The zero-order valence-electron chi connectivity index (χ0n) is 13.9. The smallest absolute Gasteiger partial charge is 0.166 e. The Hall–Kier alpha value is -2.10. The zero-order chi connectivity index (χ0) is 17.9. The average Bonchev–Trinajstić information content (AvgIpc) is 2.90. The number of halogens is 2. The van der Waals surface area contributed by atoms with Gasteiger partial charge >= 0.3 is 0 Å². The maximum absolute atomic E-state index is 6.02. The third-order valence-corrected chi connectivity index (χ3v) is 3.72. The lowest BCUT2D eigenvalue weighted by Crippen LogP contribution is -2.02. The van der Waals surface area contributed by atoms with Gasteiger partial charge in [-0.25, -0.2) is 4.98 Å². The van der Waals surface area contributed by atoms with Crippen molar-refractivity contribution in [3.05, 3.63) is 83.2 Å². The predicted octanol–water partition coefficient (Wildman–Crippen LogP) is 6.69. The van der Waals surface area contributed by atoms with Crippen LogP contribution >= 0.6 is 23.2 Å². The van der Waals surface area contributed by atoms with Gasteiger partial charge in [-0.05, 0) is 31.6 Å². The van der Waals surface area contributed by atoms with Crippen molar-refractivity contribution >= 4 is 35.4 Å². The van der Waals surface area contributed by atoms with Crippen LogP contribution in [0.15, 0.2) is 55.9 Å². The molecule has 2 heterocycles. The molecular weight excluding hydrogens is 353 g/mol. The molecular formula is C20H25Cl2N3. The number of allylic oxidation sites excluding steroid dienone is 4. The van der Waals surface area contributed by atoms with Crippen molar-refractivity contribution in [3.8, 4) is 0 Å². The molecule has 0 saturated carbocycles. The van der Waals surface area contributed by atoms with Gasteiger partial charge in [0, 0.05) is 0 Å². The number of pyridine rings is 1. The van der Waals surface area contributed by atoms with Crippen LogP contribution in [0.3, 0.4) is 0 Å². The van der Waals surface area contributed by atoms with Crippen molar-refractivity contribution in [3.63, 3.8) is 0 Å². The molecule has 2 rings (SSSR count). The van der Waals surface area contributed by atoms with Crippen LogP contribution in [-0.2, 0) is 6.54 Å². The first kappa shape index (κ1) is 22.9. The third kappa shape index (κ3) is 7.12. The topological polar surface area (TPSA) is 30.7 Å². The second kappa shape index (κ2) is 12.3. The van der Waals surface area contributed by atoms with Gasteiger partial charge in [-0.15, -0.1) is 0 Å². The molecule has 0 saturated heterocycles. The van der Waals surface area contributed by atoms with Crippen LogP contribution in [0.4, 0.5) is 0 Å². The fourth-order valence-electron chi connectivity index (χ4n) is 1.86. The molecule has 0 aromatic carbocycles. The summed E-state index contributed by atoms with van der Waals surface area (Å²) in [6, 6.07) is 3.96. The van der Waals surface area contributed by atoms with Crippen molar-refractivity contribution < 1.29 is 0 Å². The van der Waals surface area contributed by atoms with E-state index < -0.39 is 0 Å². The van der Waals surface area contributed by atoms with E-state index in [9.17, 15) is 0 Å². The van der Waals surface area contributed by atoms with E-state index in [2.05, 4.69) is 23.1 Å². The number of hydrogen-bond donors (Lipinski definition) is 0. The quantitative estimate of drug-likeness (QED) is 0.543. The van der Waals surface area contributed by atoms with Gasteiger partial charge in [-0.1, -0.05) is 80.2 Å². The summed E-state index contributed by atoms with van der Waals surface area (Å²) in [6.45, 7) is 11.7. The van der Waals surface area contributed by atoms with Crippen LogP contribution < -0.4 is 0 Å². The van der Waals surface area contributed by atoms with Crippen LogP contribution in [0, 0.1) is 0 Å². The van der Waals surface area contributed by atoms with Gasteiger partial charge < -0.3 is 4.57 Å². The first-order valence-electron chi connectivity index (χ1n) is 7.42. The van der Waals surface area contributed by atoms with E-state index in [-0.39, 0.29) is 7.43 Å². The zero-order valence-corrected chi connectivity index (χ0v) is 15.4. The molecule has 0 spiro atoms. The maximum atomic E-state index is 6.02. The molecule has 134 valence electrons. The maximum Gasteiger partial charge on any atom is 0.166 e. The SMILES string of the molecule is C.C=C/C=C/C.C=Cc1nc(Cn2cnc(Cl)c2Cl)ccc1/C=C\C. The highest BCUT2D eigenvalue weighted by molar-refractivity contribution is 6.40. The molecule has 0 aliphatic carbocycles. The summed E-state index contributed by atoms with van der Waals surface area (Å²) < 4.78 is 1.74. The first-order chi connectivity index (χ1) is 11.6. The highest BCUT2D eigenvalue weighted by Gasteiger charge is 2.08. The lowest BCUT2D eigenvalue weighted by Gasteiger charge is -2.07. The average molecular weight is 378 g/mol. The number of imidazole rings is 1. The lowest BCUT2D eigenvalue weighted by molar-refractivity contribution is 0.772. The van der Waals surface area contributed by atoms with Gasteiger partial charge in [0.2, 0.25) is 0 Å². The minimum Gasteiger partial charge on any atom is -0.314 e. The molecule has 0 radical (unpaired) electrons. The molecule has 5 heteroatoms. The minimum atomic E-state index is 0. The summed E-state index contributed by atoms with van der Waals surface area (Å²) in [6.07, 6.45) is 12.9. The number of aromatic nitrogens is 3. The summed E-state index contributed by atoms with van der Waals surface area (Å²) in [5.74, 6) is 0. The van der Waals surface area contributed by atoms with Crippen molar-refractivity contribution in [1.29, 1.82) is 0 Å². The van der Waals surface area contributed by atoms with Crippen LogP contribution in [0.25, 0.3) is 12.2 Å². The lowest BCUT2D eigenvalue weighted by atomic mass is 10.1. The van der Waals surface area contributed by atoms with Crippen molar-refractivity contribution in [1.82, 2.24) is 14.5 Å². The molecule has 2 aromatic rings. The third-order valence-electron chi connectivity index (χ3n) is 2.95. The van der Waals surface area contributed by atoms with E-state index >= 15 is 0 Å².